The Bertz CT molecular complexity index is 436. The maximum absolute atomic E-state index is 10.9. The van der Waals surface area contributed by atoms with Crippen molar-refractivity contribution in [2.75, 3.05) is 31.7 Å². The molecule has 98 valence electrons. The van der Waals surface area contributed by atoms with E-state index in [1.165, 1.54) is 19.2 Å². The maximum atomic E-state index is 10.9. The Balaban J connectivity index is 3.22. The van der Waals surface area contributed by atoms with E-state index in [0.717, 1.165) is 0 Å². The Morgan fingerprint density at radius 2 is 2.39 bits per heavy atom. The van der Waals surface area contributed by atoms with E-state index < -0.39 is 4.92 Å². The highest BCUT2D eigenvalue weighted by molar-refractivity contribution is 5.59. The van der Waals surface area contributed by atoms with Gasteiger partial charge in [0.05, 0.1) is 18.6 Å². The molecule has 0 atom stereocenters. The Hall–Kier alpha value is -2.15. The van der Waals surface area contributed by atoms with Crippen LogP contribution in [-0.2, 0) is 0 Å². The summed E-state index contributed by atoms with van der Waals surface area (Å²) in [5, 5.41) is 19.9. The molecule has 0 saturated carbocycles. The molecule has 1 rings (SSSR count). The largest absolute Gasteiger partial charge is 0.481 e. The molecule has 0 radical (unpaired) electrons. The zero-order valence-corrected chi connectivity index (χ0v) is 10.1. The molecule has 0 amide bonds. The summed E-state index contributed by atoms with van der Waals surface area (Å²) >= 11 is 0. The number of aromatic nitrogens is 1. The zero-order chi connectivity index (χ0) is 13.5. The molecule has 1 aromatic rings. The van der Waals surface area contributed by atoms with Crippen LogP contribution in [0.25, 0.3) is 0 Å². The molecule has 0 saturated heterocycles. The standard InChI is InChI=1S/C11H15N3O4/c1-3-6-13(7-8-15)11-9(14(16)17)4-5-10(12-11)18-2/h3-5,15H,1,6-8H2,2H3. The second-order valence-corrected chi connectivity index (χ2v) is 3.41. The topological polar surface area (TPSA) is 88.7 Å². The predicted molar refractivity (Wildman–Crippen MR) is 66.9 cm³/mol. The van der Waals surface area contributed by atoms with Gasteiger partial charge in [0.1, 0.15) is 0 Å². The van der Waals surface area contributed by atoms with E-state index in [9.17, 15) is 10.1 Å². The molecule has 0 aliphatic carbocycles. The van der Waals surface area contributed by atoms with E-state index in [1.54, 1.807) is 11.0 Å². The Labute approximate surface area is 104 Å². The smallest absolute Gasteiger partial charge is 0.311 e. The number of hydrogen-bond acceptors (Lipinski definition) is 6. The number of nitro groups is 1. The first-order valence-corrected chi connectivity index (χ1v) is 5.30. The van der Waals surface area contributed by atoms with Crippen LogP contribution < -0.4 is 9.64 Å². The average Bonchev–Trinajstić information content (AvgIpc) is 2.37. The van der Waals surface area contributed by atoms with Gasteiger partial charge in [0, 0.05) is 25.2 Å². The fourth-order valence-electron chi connectivity index (χ4n) is 1.47. The molecule has 0 aromatic carbocycles. The Morgan fingerprint density at radius 1 is 1.67 bits per heavy atom. The number of pyridine rings is 1. The number of aliphatic hydroxyl groups excluding tert-OH is 1. The van der Waals surface area contributed by atoms with Crippen molar-refractivity contribution in [3.8, 4) is 5.88 Å². The van der Waals surface area contributed by atoms with Crippen molar-refractivity contribution < 1.29 is 14.8 Å². The molecule has 1 heterocycles. The Kier molecular flexibility index (Phi) is 5.06. The van der Waals surface area contributed by atoms with Gasteiger partial charge in [0.2, 0.25) is 11.7 Å². The summed E-state index contributed by atoms with van der Waals surface area (Å²) in [5.41, 5.74) is -0.133. The van der Waals surface area contributed by atoms with Gasteiger partial charge in [-0.15, -0.1) is 6.58 Å². The zero-order valence-electron chi connectivity index (χ0n) is 10.1. The molecule has 0 bridgehead atoms. The van der Waals surface area contributed by atoms with E-state index >= 15 is 0 Å². The van der Waals surface area contributed by atoms with Gasteiger partial charge in [-0.1, -0.05) is 6.08 Å². The van der Waals surface area contributed by atoms with Crippen LogP contribution in [0, 0.1) is 10.1 Å². The van der Waals surface area contributed by atoms with Crippen LogP contribution in [0.3, 0.4) is 0 Å². The van der Waals surface area contributed by atoms with Crippen molar-refractivity contribution in [2.45, 2.75) is 0 Å². The molecule has 0 spiro atoms. The van der Waals surface area contributed by atoms with Crippen molar-refractivity contribution in [2.24, 2.45) is 0 Å². The van der Waals surface area contributed by atoms with Crippen LogP contribution >= 0.6 is 0 Å². The molecule has 0 aliphatic rings. The second kappa shape index (κ2) is 6.55. The highest BCUT2D eigenvalue weighted by Crippen LogP contribution is 2.28. The predicted octanol–water partition coefficient (Wildman–Crippen LogP) is 0.983. The van der Waals surface area contributed by atoms with Gasteiger partial charge in [0.25, 0.3) is 0 Å². The van der Waals surface area contributed by atoms with Crippen molar-refractivity contribution in [3.63, 3.8) is 0 Å². The molecule has 0 aliphatic heterocycles. The number of nitrogens with zero attached hydrogens (tertiary/aromatic N) is 3. The average molecular weight is 253 g/mol. The molecule has 7 nitrogen and oxygen atoms in total. The summed E-state index contributed by atoms with van der Waals surface area (Å²) in [6.45, 7) is 4.02. The lowest BCUT2D eigenvalue weighted by atomic mass is 10.3. The number of ether oxygens (including phenoxy) is 1. The molecular formula is C11H15N3O4. The summed E-state index contributed by atoms with van der Waals surface area (Å²) in [6, 6.07) is 2.75. The van der Waals surface area contributed by atoms with Crippen LogP contribution in [0.1, 0.15) is 0 Å². The summed E-state index contributed by atoms with van der Waals surface area (Å²) in [6.07, 6.45) is 1.58. The maximum Gasteiger partial charge on any atom is 0.311 e. The lowest BCUT2D eigenvalue weighted by Crippen LogP contribution is -2.28. The number of anilines is 1. The molecule has 1 aromatic heterocycles. The highest BCUT2D eigenvalue weighted by Gasteiger charge is 2.21. The van der Waals surface area contributed by atoms with Crippen molar-refractivity contribution in [3.05, 3.63) is 34.9 Å². The monoisotopic (exact) mass is 253 g/mol. The van der Waals surface area contributed by atoms with E-state index in [0.29, 0.717) is 6.54 Å². The SMILES string of the molecule is C=CCN(CCO)c1nc(OC)ccc1[N+](=O)[O-]. The Morgan fingerprint density at radius 3 is 2.89 bits per heavy atom. The van der Waals surface area contributed by atoms with Gasteiger partial charge in [-0.3, -0.25) is 10.1 Å². The first kappa shape index (κ1) is 13.9. The van der Waals surface area contributed by atoms with Crippen LogP contribution in [0.15, 0.2) is 24.8 Å². The van der Waals surface area contributed by atoms with Crippen LogP contribution in [0.4, 0.5) is 11.5 Å². The first-order valence-electron chi connectivity index (χ1n) is 5.30. The normalized spacial score (nSPS) is 9.89. The third-order valence-electron chi connectivity index (χ3n) is 2.25. The third kappa shape index (κ3) is 3.17. The van der Waals surface area contributed by atoms with Crippen LogP contribution in [0.5, 0.6) is 5.88 Å². The minimum Gasteiger partial charge on any atom is -0.481 e. The van der Waals surface area contributed by atoms with Crippen molar-refractivity contribution >= 4 is 11.5 Å². The van der Waals surface area contributed by atoms with Crippen molar-refractivity contribution in [1.82, 2.24) is 4.98 Å². The van der Waals surface area contributed by atoms with Gasteiger partial charge < -0.3 is 14.7 Å². The molecule has 0 unspecified atom stereocenters. The second-order valence-electron chi connectivity index (χ2n) is 3.41. The fraction of sp³-hybridized carbons (Fsp3) is 0.364. The van der Waals surface area contributed by atoms with Crippen LogP contribution in [0.2, 0.25) is 0 Å². The summed E-state index contributed by atoms with van der Waals surface area (Å²) in [4.78, 5) is 16.0. The molecule has 1 N–H and O–H groups in total. The summed E-state index contributed by atoms with van der Waals surface area (Å²) in [7, 11) is 1.43. The number of rotatable bonds is 7. The quantitative estimate of drug-likeness (QED) is 0.442. The highest BCUT2D eigenvalue weighted by atomic mass is 16.6. The van der Waals surface area contributed by atoms with Gasteiger partial charge in [0.15, 0.2) is 0 Å². The fourth-order valence-corrected chi connectivity index (χ4v) is 1.47. The van der Waals surface area contributed by atoms with Crippen molar-refractivity contribution in [1.29, 1.82) is 0 Å². The van der Waals surface area contributed by atoms with Gasteiger partial charge in [-0.2, -0.15) is 4.98 Å². The van der Waals surface area contributed by atoms with Crippen LogP contribution in [-0.4, -0.2) is 41.8 Å². The molecule has 18 heavy (non-hydrogen) atoms. The summed E-state index contributed by atoms with van der Waals surface area (Å²) in [5.74, 6) is 0.441. The summed E-state index contributed by atoms with van der Waals surface area (Å²) < 4.78 is 4.95. The minimum absolute atomic E-state index is 0.133. The third-order valence-corrected chi connectivity index (χ3v) is 2.25. The first-order chi connectivity index (χ1) is 8.63. The lowest BCUT2D eigenvalue weighted by molar-refractivity contribution is -0.384. The van der Waals surface area contributed by atoms with E-state index in [4.69, 9.17) is 9.84 Å². The lowest BCUT2D eigenvalue weighted by Gasteiger charge is -2.20. The van der Waals surface area contributed by atoms with E-state index in [1.807, 2.05) is 0 Å². The molecular weight excluding hydrogens is 238 g/mol. The van der Waals surface area contributed by atoms with E-state index in [-0.39, 0.29) is 30.5 Å². The minimum atomic E-state index is -0.519. The van der Waals surface area contributed by atoms with Gasteiger partial charge in [-0.25, -0.2) is 0 Å². The molecule has 0 fully saturated rings. The molecule has 7 heteroatoms. The number of aliphatic hydroxyl groups is 1. The van der Waals surface area contributed by atoms with Gasteiger partial charge in [-0.05, 0) is 0 Å². The number of methoxy groups -OCH3 is 1. The van der Waals surface area contributed by atoms with Gasteiger partial charge >= 0.3 is 5.69 Å². The van der Waals surface area contributed by atoms with E-state index in [2.05, 4.69) is 11.6 Å². The number of hydrogen-bond donors (Lipinski definition) is 1.